The molecule has 4 heteroatoms. The second kappa shape index (κ2) is 6.93. The van der Waals surface area contributed by atoms with Crippen molar-refractivity contribution in [3.8, 4) is 0 Å². The second-order valence-corrected chi connectivity index (χ2v) is 6.28. The summed E-state index contributed by atoms with van der Waals surface area (Å²) in [7, 11) is 0. The van der Waals surface area contributed by atoms with Crippen molar-refractivity contribution in [1.82, 2.24) is 0 Å². The zero-order valence-corrected chi connectivity index (χ0v) is 13.8. The topological polar surface area (TPSA) is 0 Å². The van der Waals surface area contributed by atoms with Crippen LogP contribution < -0.4 is 0 Å². The van der Waals surface area contributed by atoms with Crippen molar-refractivity contribution < 1.29 is 4.39 Å². The summed E-state index contributed by atoms with van der Waals surface area (Å²) in [6, 6.07) is 14.6. The van der Waals surface area contributed by atoms with Crippen LogP contribution in [0.4, 0.5) is 4.39 Å². The summed E-state index contributed by atoms with van der Waals surface area (Å²) in [4.78, 5) is 0. The van der Waals surface area contributed by atoms with E-state index >= 15 is 0 Å². The number of halogens is 4. The van der Waals surface area contributed by atoms with Crippen LogP contribution in [0.15, 0.2) is 53.0 Å². The number of rotatable bonds is 5. The van der Waals surface area contributed by atoms with Crippen molar-refractivity contribution in [3.05, 3.63) is 69.9 Å². The van der Waals surface area contributed by atoms with E-state index in [0.717, 1.165) is 10.0 Å². The summed E-state index contributed by atoms with van der Waals surface area (Å²) in [6.07, 6.45) is 0.605. The minimum atomic E-state index is -0.595. The van der Waals surface area contributed by atoms with Gasteiger partial charge in [0.05, 0.1) is 0 Å². The van der Waals surface area contributed by atoms with Gasteiger partial charge >= 0.3 is 0 Å². The lowest BCUT2D eigenvalue weighted by Crippen LogP contribution is -2.34. The summed E-state index contributed by atoms with van der Waals surface area (Å²) in [5.41, 5.74) is 1.06. The highest BCUT2D eigenvalue weighted by atomic mass is 79.9. The van der Waals surface area contributed by atoms with Gasteiger partial charge in [-0.15, -0.1) is 23.2 Å². The maximum atomic E-state index is 14.1. The zero-order valence-electron chi connectivity index (χ0n) is 10.8. The van der Waals surface area contributed by atoms with E-state index in [1.807, 2.05) is 30.3 Å². The van der Waals surface area contributed by atoms with E-state index in [-0.39, 0.29) is 17.6 Å². The van der Waals surface area contributed by atoms with E-state index in [4.69, 9.17) is 23.2 Å². The Balaban J connectivity index is 2.39. The van der Waals surface area contributed by atoms with Gasteiger partial charge in [0.15, 0.2) is 0 Å². The van der Waals surface area contributed by atoms with Crippen molar-refractivity contribution >= 4 is 39.1 Å². The van der Waals surface area contributed by atoms with Gasteiger partial charge in [-0.1, -0.05) is 46.3 Å². The van der Waals surface area contributed by atoms with Crippen LogP contribution in [-0.4, -0.2) is 11.8 Å². The smallest absolute Gasteiger partial charge is 0.127 e. The molecule has 0 saturated carbocycles. The molecule has 0 amide bonds. The van der Waals surface area contributed by atoms with Crippen molar-refractivity contribution in [2.24, 2.45) is 0 Å². The Morgan fingerprint density at radius 2 is 1.55 bits per heavy atom. The molecule has 0 spiro atoms. The number of alkyl halides is 2. The molecule has 0 fully saturated rings. The van der Waals surface area contributed by atoms with Crippen LogP contribution in [0.2, 0.25) is 0 Å². The van der Waals surface area contributed by atoms with Crippen LogP contribution in [-0.2, 0) is 11.8 Å². The summed E-state index contributed by atoms with van der Waals surface area (Å²) < 4.78 is 15.1. The molecule has 0 aliphatic heterocycles. The molecular weight excluding hydrogens is 362 g/mol. The molecular formula is C16H14BrCl2F. The largest absolute Gasteiger partial charge is 0.207 e. The quantitative estimate of drug-likeness (QED) is 0.601. The lowest BCUT2D eigenvalue weighted by atomic mass is 9.78. The first kappa shape index (κ1) is 15.8. The van der Waals surface area contributed by atoms with Crippen LogP contribution in [0.5, 0.6) is 0 Å². The molecule has 0 aromatic heterocycles. The van der Waals surface area contributed by atoms with E-state index in [2.05, 4.69) is 15.9 Å². The Morgan fingerprint density at radius 3 is 2.10 bits per heavy atom. The lowest BCUT2D eigenvalue weighted by Gasteiger charge is -2.30. The molecule has 0 radical (unpaired) electrons. The average molecular weight is 376 g/mol. The van der Waals surface area contributed by atoms with Gasteiger partial charge in [0.2, 0.25) is 0 Å². The molecule has 2 aromatic carbocycles. The van der Waals surface area contributed by atoms with E-state index in [1.54, 1.807) is 12.1 Å². The van der Waals surface area contributed by atoms with Gasteiger partial charge in [0, 0.05) is 21.6 Å². The number of hydrogen-bond donors (Lipinski definition) is 0. The standard InChI is InChI=1S/C16H14BrCl2F/c17-13-7-5-12(6-8-13)9-16(10-18,11-19)14-3-1-2-4-15(14)20/h1-8H,9-11H2. The Labute approximate surface area is 137 Å². The molecule has 0 N–H and O–H groups in total. The van der Waals surface area contributed by atoms with Gasteiger partial charge < -0.3 is 0 Å². The third kappa shape index (κ3) is 3.36. The van der Waals surface area contributed by atoms with Crippen molar-refractivity contribution in [1.29, 1.82) is 0 Å². The Kier molecular flexibility index (Phi) is 5.48. The third-order valence-corrected chi connectivity index (χ3v) is 4.96. The molecule has 0 aliphatic carbocycles. The zero-order chi connectivity index (χ0) is 14.6. The van der Waals surface area contributed by atoms with E-state index in [0.29, 0.717) is 12.0 Å². The summed E-state index contributed by atoms with van der Waals surface area (Å²) in [5.74, 6) is 0.284. The molecule has 0 atom stereocenters. The van der Waals surface area contributed by atoms with Gasteiger partial charge in [0.25, 0.3) is 0 Å². The van der Waals surface area contributed by atoms with Gasteiger partial charge in [-0.05, 0) is 35.7 Å². The minimum absolute atomic E-state index is 0.258. The number of benzene rings is 2. The Bertz CT molecular complexity index is 565. The SMILES string of the molecule is Fc1ccccc1C(CCl)(CCl)Cc1ccc(Br)cc1. The van der Waals surface area contributed by atoms with Crippen molar-refractivity contribution in [3.63, 3.8) is 0 Å². The normalized spacial score (nSPS) is 11.6. The molecule has 0 heterocycles. The van der Waals surface area contributed by atoms with Gasteiger partial charge in [0.1, 0.15) is 5.82 Å². The first-order valence-corrected chi connectivity index (χ1v) is 8.09. The first-order valence-electron chi connectivity index (χ1n) is 6.23. The fourth-order valence-electron chi connectivity index (χ4n) is 2.25. The van der Waals surface area contributed by atoms with Gasteiger partial charge in [-0.2, -0.15) is 0 Å². The first-order chi connectivity index (χ1) is 9.61. The monoisotopic (exact) mass is 374 g/mol. The van der Waals surface area contributed by atoms with Crippen LogP contribution in [0.1, 0.15) is 11.1 Å². The summed E-state index contributed by atoms with van der Waals surface area (Å²) in [6.45, 7) is 0. The Hall–Kier alpha value is -0.570. The van der Waals surface area contributed by atoms with E-state index < -0.39 is 5.41 Å². The average Bonchev–Trinajstić information content (AvgIpc) is 2.48. The van der Waals surface area contributed by atoms with Crippen molar-refractivity contribution in [2.45, 2.75) is 11.8 Å². The van der Waals surface area contributed by atoms with Gasteiger partial charge in [-0.25, -0.2) is 4.39 Å². The van der Waals surface area contributed by atoms with E-state index in [1.165, 1.54) is 6.07 Å². The molecule has 0 unspecified atom stereocenters. The lowest BCUT2D eigenvalue weighted by molar-refractivity contribution is 0.491. The van der Waals surface area contributed by atoms with Crippen LogP contribution in [0.25, 0.3) is 0 Å². The molecule has 0 nitrogen and oxygen atoms in total. The minimum Gasteiger partial charge on any atom is -0.207 e. The molecule has 2 rings (SSSR count). The molecule has 0 saturated heterocycles. The fourth-order valence-corrected chi connectivity index (χ4v) is 3.28. The Morgan fingerprint density at radius 1 is 0.950 bits per heavy atom. The highest BCUT2D eigenvalue weighted by Gasteiger charge is 2.33. The molecule has 2 aromatic rings. The third-order valence-electron chi connectivity index (χ3n) is 3.41. The maximum Gasteiger partial charge on any atom is 0.127 e. The molecule has 0 bridgehead atoms. The second-order valence-electron chi connectivity index (χ2n) is 4.83. The fraction of sp³-hybridized carbons (Fsp3) is 0.250. The maximum absolute atomic E-state index is 14.1. The van der Waals surface area contributed by atoms with Crippen LogP contribution in [0, 0.1) is 5.82 Å². The van der Waals surface area contributed by atoms with E-state index in [9.17, 15) is 4.39 Å². The highest BCUT2D eigenvalue weighted by molar-refractivity contribution is 9.10. The predicted octanol–water partition coefficient (Wildman–Crippen LogP) is 5.55. The predicted molar refractivity (Wildman–Crippen MR) is 87.4 cm³/mol. The molecule has 106 valence electrons. The van der Waals surface area contributed by atoms with Crippen LogP contribution >= 0.6 is 39.1 Å². The van der Waals surface area contributed by atoms with Gasteiger partial charge in [-0.3, -0.25) is 0 Å². The summed E-state index contributed by atoms with van der Waals surface area (Å²) >= 11 is 15.7. The molecule has 20 heavy (non-hydrogen) atoms. The summed E-state index contributed by atoms with van der Waals surface area (Å²) in [5, 5.41) is 0. The van der Waals surface area contributed by atoms with Crippen molar-refractivity contribution in [2.75, 3.05) is 11.8 Å². The van der Waals surface area contributed by atoms with Crippen LogP contribution in [0.3, 0.4) is 0 Å². The molecule has 0 aliphatic rings. The highest BCUT2D eigenvalue weighted by Crippen LogP contribution is 2.33. The number of hydrogen-bond acceptors (Lipinski definition) is 0.